The standard InChI is InChI=1S/C21H18N4.C20H17N5.C20H16N4.C19H15N5.4Pt/c1-16-9-10-20(22-16)18-6-3-5-17(13-18)14-19-7-4-8-21(23-19)25-12-11-24(2)15-25;1-15-11-19(23-22-15)17-6-3-5-16(12-17)13-18-7-4-8-20(21-18)25-10-9-24(2)14-25;1-23-11-12-24(15-23)20-9-3-7-18(22-20)14-16-5-2-6-17(13-16)19-8-4-10-21-19;1-23-8-9-24(14-23)19-7-3-6-17(22-19)11-15-4-2-5-16(10-15)18-12-20-13-21-18;;;;/h3-12H,14H2,1-2H3;3-11H,13H2,1-2H3;2-12H,14H2,1H3;2-9,12-13H,11H2,1H3;;;;/q4*-2;;;;. The largest absolute Gasteiger partial charge is 0.708 e. The van der Waals surface area contributed by atoms with Crippen LogP contribution in [0.5, 0.6) is 0 Å². The van der Waals surface area contributed by atoms with E-state index in [4.69, 9.17) is 19.9 Å². The zero-order valence-electron chi connectivity index (χ0n) is 56.2. The molecule has 0 radical (unpaired) electrons. The van der Waals surface area contributed by atoms with Crippen molar-refractivity contribution < 1.29 is 103 Å². The summed E-state index contributed by atoms with van der Waals surface area (Å²) in [5.41, 5.74) is 17.8. The molecule has 16 rings (SSSR count). The molecule has 16 aromatic rings. The SMILES string of the molecule is C[n+]1[c-]n(-c2cccc(Cc3[c-]c(-c4ccc[n-]4)ccc3)n2)cc1.C[n+]1[c-]n(-c2cccc(Cc3[c-]c(-c4cnc[n-]4)ccc3)n2)cc1.Cc1cc(-c2[c-]c(Cc3cccc(-n4[c-][n+](C)cc4)n3)ccc2)[n-]n1.Cc1ccc(-c2[c-]c(Cc3cccc(-n4[c-][n+](C)cc4)n3)ccc2)[n-]1.[Pt].[Pt].[Pt].[Pt]. The number of hydrogen-bond donors (Lipinski definition) is 0. The van der Waals surface area contributed by atoms with Gasteiger partial charge in [0.1, 0.15) is 23.3 Å². The first-order chi connectivity index (χ1) is 47.9. The summed E-state index contributed by atoms with van der Waals surface area (Å²) in [6.07, 6.45) is 36.2. The van der Waals surface area contributed by atoms with E-state index in [1.54, 1.807) is 18.7 Å². The Hall–Kier alpha value is -9.95. The fourth-order valence-corrected chi connectivity index (χ4v) is 10.7. The first kappa shape index (κ1) is 76.2. The minimum absolute atomic E-state index is 0. The molecule has 12 heterocycles. The smallest absolute Gasteiger partial charge is 0.244 e. The van der Waals surface area contributed by atoms with Gasteiger partial charge in [-0.1, -0.05) is 49.4 Å². The van der Waals surface area contributed by atoms with Gasteiger partial charge in [-0.3, -0.25) is 19.9 Å². The van der Waals surface area contributed by atoms with Gasteiger partial charge in [-0.25, -0.2) is 17.1 Å². The maximum absolute atomic E-state index is 4.74. The third kappa shape index (κ3) is 20.6. The van der Waals surface area contributed by atoms with Crippen molar-refractivity contribution in [1.29, 1.82) is 0 Å². The first-order valence-corrected chi connectivity index (χ1v) is 31.7. The van der Waals surface area contributed by atoms with E-state index in [0.717, 1.165) is 138 Å². The van der Waals surface area contributed by atoms with Gasteiger partial charge in [-0.05, 0) is 81.1 Å². The monoisotopic (exact) mass is 2060 g/mol. The number of aromatic nitrogens is 18. The van der Waals surface area contributed by atoms with Crippen LogP contribution in [0.3, 0.4) is 0 Å². The van der Waals surface area contributed by atoms with Crippen LogP contribution in [0.15, 0.2) is 244 Å². The average molecular weight is 2060 g/mol. The van der Waals surface area contributed by atoms with Crippen LogP contribution >= 0.6 is 0 Å². The molecule has 18 nitrogen and oxygen atoms in total. The van der Waals surface area contributed by atoms with Crippen LogP contribution < -0.4 is 38.3 Å². The van der Waals surface area contributed by atoms with Crippen LogP contribution in [-0.2, 0) is 138 Å². The van der Waals surface area contributed by atoms with Crippen LogP contribution in [0.2, 0.25) is 0 Å². The van der Waals surface area contributed by atoms with Crippen LogP contribution in [0.4, 0.5) is 0 Å². The summed E-state index contributed by atoms with van der Waals surface area (Å²) >= 11 is 0. The Morgan fingerprint density at radius 2 is 0.735 bits per heavy atom. The van der Waals surface area contributed by atoms with Gasteiger partial charge >= 0.3 is 0 Å². The van der Waals surface area contributed by atoms with Crippen LogP contribution in [0, 0.1) is 63.4 Å². The van der Waals surface area contributed by atoms with Crippen molar-refractivity contribution in [1.82, 2.24) is 68.3 Å². The summed E-state index contributed by atoms with van der Waals surface area (Å²) in [6.45, 7) is 3.94. The zero-order chi connectivity index (χ0) is 67.2. The summed E-state index contributed by atoms with van der Waals surface area (Å²) in [5, 5.41) is 8.25. The maximum atomic E-state index is 4.74. The van der Waals surface area contributed by atoms with Crippen molar-refractivity contribution in [3.8, 4) is 68.3 Å². The Kier molecular flexibility index (Phi) is 27.4. The molecule has 0 bridgehead atoms. The Labute approximate surface area is 651 Å². The molecular formula is C80H66N18Pt4-8. The number of pyridine rings is 4. The summed E-state index contributed by atoms with van der Waals surface area (Å²) < 4.78 is 15.0. The topological polar surface area (TPSA) is 169 Å². The minimum Gasteiger partial charge on any atom is -0.708 e. The third-order valence-corrected chi connectivity index (χ3v) is 15.4. The second-order valence-corrected chi connectivity index (χ2v) is 23.3. The van der Waals surface area contributed by atoms with Crippen molar-refractivity contribution in [2.24, 2.45) is 28.2 Å². The molecular weight excluding hydrogens is 1990 g/mol. The molecule has 0 spiro atoms. The fourth-order valence-electron chi connectivity index (χ4n) is 10.7. The van der Waals surface area contributed by atoms with Gasteiger partial charge in [0, 0.05) is 162 Å². The summed E-state index contributed by atoms with van der Waals surface area (Å²) in [4.78, 5) is 36.0. The minimum atomic E-state index is 0. The van der Waals surface area contributed by atoms with E-state index in [2.05, 4.69) is 110 Å². The molecule has 12 aromatic heterocycles. The van der Waals surface area contributed by atoms with E-state index in [1.165, 1.54) is 0 Å². The van der Waals surface area contributed by atoms with Crippen molar-refractivity contribution in [3.63, 3.8) is 0 Å². The second kappa shape index (κ2) is 36.6. The normalized spacial score (nSPS) is 10.5. The van der Waals surface area contributed by atoms with Gasteiger partial charge in [0.15, 0.2) is 0 Å². The first-order valence-electron chi connectivity index (χ1n) is 31.7. The molecule has 0 saturated heterocycles. The molecule has 102 heavy (non-hydrogen) atoms. The van der Waals surface area contributed by atoms with Gasteiger partial charge in [-0.15, -0.1) is 155 Å². The van der Waals surface area contributed by atoms with E-state index in [9.17, 15) is 0 Å². The Morgan fingerprint density at radius 3 is 1.04 bits per heavy atom. The van der Waals surface area contributed by atoms with Crippen molar-refractivity contribution in [3.05, 3.63) is 350 Å². The van der Waals surface area contributed by atoms with Crippen molar-refractivity contribution >= 4 is 0 Å². The van der Waals surface area contributed by atoms with Gasteiger partial charge in [0.25, 0.3) is 0 Å². The predicted octanol–water partition coefficient (Wildman–Crippen LogP) is 9.45. The van der Waals surface area contributed by atoms with Gasteiger partial charge < -0.3 is 66.7 Å². The predicted molar refractivity (Wildman–Crippen MR) is 367 cm³/mol. The van der Waals surface area contributed by atoms with Crippen molar-refractivity contribution in [2.75, 3.05) is 0 Å². The molecule has 0 aliphatic carbocycles. The zero-order valence-corrected chi connectivity index (χ0v) is 65.3. The Balaban J connectivity index is 0.000000156. The summed E-state index contributed by atoms with van der Waals surface area (Å²) in [7, 11) is 7.76. The molecule has 0 unspecified atom stereocenters. The number of nitrogens with zero attached hydrogens (tertiary/aromatic N) is 18. The van der Waals surface area contributed by atoms with E-state index < -0.39 is 0 Å². The Morgan fingerprint density at radius 1 is 0.373 bits per heavy atom. The number of benzene rings is 4. The van der Waals surface area contributed by atoms with Gasteiger partial charge in [-0.2, -0.15) is 28.6 Å². The maximum Gasteiger partial charge on any atom is 0.244 e. The number of imidazole rings is 5. The molecule has 0 saturated carbocycles. The van der Waals surface area contributed by atoms with Crippen LogP contribution in [0.25, 0.3) is 68.3 Å². The van der Waals surface area contributed by atoms with E-state index >= 15 is 0 Å². The second-order valence-electron chi connectivity index (χ2n) is 23.3. The molecule has 0 N–H and O–H groups in total. The van der Waals surface area contributed by atoms with Gasteiger partial charge in [0.05, 0.1) is 28.2 Å². The number of rotatable bonds is 16. The molecule has 0 amide bonds. The molecule has 22 heteroatoms. The molecule has 0 atom stereocenters. The fraction of sp³-hybridized carbons (Fsp3) is 0.125. The molecule has 0 fully saturated rings. The summed E-state index contributed by atoms with van der Waals surface area (Å²) in [6, 6.07) is 72.3. The quantitative estimate of drug-likeness (QED) is 0.0671. The van der Waals surface area contributed by atoms with E-state index in [0.29, 0.717) is 12.8 Å². The molecule has 524 valence electrons. The van der Waals surface area contributed by atoms with E-state index in [-0.39, 0.29) is 84.3 Å². The molecule has 4 aromatic carbocycles. The van der Waals surface area contributed by atoms with Crippen molar-refractivity contribution in [2.45, 2.75) is 39.5 Å². The molecule has 0 aliphatic rings. The van der Waals surface area contributed by atoms with Crippen LogP contribution in [0.1, 0.15) is 56.4 Å². The summed E-state index contributed by atoms with van der Waals surface area (Å²) in [5.74, 6) is 3.43. The number of aryl methyl sites for hydroxylation is 6. The number of hydrogen-bond acceptors (Lipinski definition) is 6. The van der Waals surface area contributed by atoms with Gasteiger partial charge in [0.2, 0.25) is 25.3 Å². The van der Waals surface area contributed by atoms with Crippen LogP contribution in [-0.4, -0.2) is 48.3 Å². The molecule has 0 aliphatic heterocycles. The average Bonchev–Trinajstić information content (AvgIpc) is 1.45. The third-order valence-electron chi connectivity index (χ3n) is 15.4. The Bertz CT molecular complexity index is 4760. The van der Waals surface area contributed by atoms with E-state index in [1.807, 2.05) is 274 Å².